The third-order valence-electron chi connectivity index (χ3n) is 4.05. The van der Waals surface area contributed by atoms with E-state index in [1.165, 1.54) is 0 Å². The van der Waals surface area contributed by atoms with E-state index < -0.39 is 9.84 Å². The number of nitrogens with zero attached hydrogens (tertiary/aromatic N) is 1. The third-order valence-corrected chi connectivity index (χ3v) is 6.84. The molecule has 2 aliphatic rings. The molecule has 0 aliphatic carbocycles. The van der Waals surface area contributed by atoms with Crippen molar-refractivity contribution in [1.29, 1.82) is 0 Å². The van der Waals surface area contributed by atoms with Crippen molar-refractivity contribution < 1.29 is 8.42 Å². The summed E-state index contributed by atoms with van der Waals surface area (Å²) < 4.78 is 23.1. The fraction of sp³-hybridized carbons (Fsp3) is 1.00. The van der Waals surface area contributed by atoms with Crippen molar-refractivity contribution in [2.45, 2.75) is 30.6 Å². The van der Waals surface area contributed by atoms with Crippen molar-refractivity contribution >= 4 is 21.6 Å². The van der Waals surface area contributed by atoms with Gasteiger partial charge in [-0.15, -0.1) is 0 Å². The minimum atomic E-state index is -2.80. The van der Waals surface area contributed by atoms with E-state index in [2.05, 4.69) is 11.8 Å². The molecule has 0 spiro atoms. The summed E-state index contributed by atoms with van der Waals surface area (Å²) in [7, 11) is -2.80. The minimum Gasteiger partial charge on any atom is -0.329 e. The van der Waals surface area contributed by atoms with E-state index in [0.29, 0.717) is 36.1 Å². The Morgan fingerprint density at radius 1 is 1.41 bits per heavy atom. The molecule has 0 saturated carbocycles. The smallest absolute Gasteiger partial charge is 0.150 e. The average Bonchev–Trinajstić information content (AvgIpc) is 2.30. The maximum absolute atomic E-state index is 11.5. The van der Waals surface area contributed by atoms with Crippen LogP contribution < -0.4 is 5.73 Å². The van der Waals surface area contributed by atoms with Crippen LogP contribution in [0.1, 0.15) is 19.8 Å². The number of sulfone groups is 1. The number of nitrogens with two attached hydrogens (primary N) is 1. The summed E-state index contributed by atoms with van der Waals surface area (Å²) in [6, 6.07) is 0. The molecule has 2 aliphatic heterocycles. The van der Waals surface area contributed by atoms with E-state index in [-0.39, 0.29) is 5.54 Å². The zero-order valence-electron chi connectivity index (χ0n) is 10.4. The summed E-state index contributed by atoms with van der Waals surface area (Å²) >= 11 is 1.99. The van der Waals surface area contributed by atoms with Crippen LogP contribution in [0.15, 0.2) is 0 Å². The first-order valence-electron chi connectivity index (χ1n) is 6.25. The molecule has 0 aromatic heterocycles. The maximum atomic E-state index is 11.5. The van der Waals surface area contributed by atoms with E-state index in [4.69, 9.17) is 5.73 Å². The molecule has 6 heteroatoms. The van der Waals surface area contributed by atoms with Gasteiger partial charge in [-0.1, -0.05) is 6.92 Å². The Balaban J connectivity index is 2.09. The summed E-state index contributed by atoms with van der Waals surface area (Å²) in [4.78, 5) is 2.45. The Morgan fingerprint density at radius 3 is 2.59 bits per heavy atom. The summed E-state index contributed by atoms with van der Waals surface area (Å²) in [6.45, 7) is 4.91. The summed E-state index contributed by atoms with van der Waals surface area (Å²) in [6.07, 6.45) is 1.42. The molecule has 0 aromatic carbocycles. The van der Waals surface area contributed by atoms with Gasteiger partial charge in [-0.05, 0) is 12.8 Å². The highest BCUT2D eigenvalue weighted by Crippen LogP contribution is 2.32. The SMILES string of the molecule is CC1CN(C2(CN)CCS(=O)(=O)CC2)CCS1. The van der Waals surface area contributed by atoms with Crippen LogP contribution in [-0.4, -0.2) is 61.0 Å². The molecule has 0 amide bonds. The molecule has 1 unspecified atom stereocenters. The van der Waals surface area contributed by atoms with Gasteiger partial charge in [-0.25, -0.2) is 8.42 Å². The Bertz CT molecular complexity index is 356. The second-order valence-corrected chi connectivity index (χ2v) is 9.06. The van der Waals surface area contributed by atoms with Crippen LogP contribution in [0.5, 0.6) is 0 Å². The van der Waals surface area contributed by atoms with Crippen molar-refractivity contribution in [2.24, 2.45) is 5.73 Å². The zero-order chi connectivity index (χ0) is 12.5. The zero-order valence-corrected chi connectivity index (χ0v) is 12.0. The second kappa shape index (κ2) is 5.07. The number of hydrogen-bond acceptors (Lipinski definition) is 5. The van der Waals surface area contributed by atoms with Crippen molar-refractivity contribution in [1.82, 2.24) is 4.90 Å². The first kappa shape index (κ1) is 13.6. The highest BCUT2D eigenvalue weighted by atomic mass is 32.2. The lowest BCUT2D eigenvalue weighted by Crippen LogP contribution is -2.60. The fourth-order valence-electron chi connectivity index (χ4n) is 2.82. The van der Waals surface area contributed by atoms with Crippen LogP contribution in [0.2, 0.25) is 0 Å². The topological polar surface area (TPSA) is 63.4 Å². The van der Waals surface area contributed by atoms with Crippen LogP contribution in [-0.2, 0) is 9.84 Å². The number of hydrogen-bond donors (Lipinski definition) is 1. The van der Waals surface area contributed by atoms with Gasteiger partial charge in [-0.2, -0.15) is 11.8 Å². The summed E-state index contributed by atoms with van der Waals surface area (Å²) in [5, 5.41) is 0.630. The molecule has 1 atom stereocenters. The lowest BCUT2D eigenvalue weighted by Gasteiger charge is -2.48. The largest absolute Gasteiger partial charge is 0.329 e. The summed E-state index contributed by atoms with van der Waals surface area (Å²) in [5.41, 5.74) is 5.90. The molecular formula is C11H22N2O2S2. The molecule has 0 bridgehead atoms. The predicted octanol–water partition coefficient (Wildman–Crippen LogP) is 0.330. The molecule has 0 radical (unpaired) electrons. The van der Waals surface area contributed by atoms with Crippen LogP contribution >= 0.6 is 11.8 Å². The van der Waals surface area contributed by atoms with E-state index in [1.807, 2.05) is 11.8 Å². The van der Waals surface area contributed by atoms with Gasteiger partial charge in [0.05, 0.1) is 11.5 Å². The van der Waals surface area contributed by atoms with Crippen LogP contribution in [0.4, 0.5) is 0 Å². The van der Waals surface area contributed by atoms with Crippen molar-refractivity contribution in [3.8, 4) is 0 Å². The van der Waals surface area contributed by atoms with Crippen molar-refractivity contribution in [3.63, 3.8) is 0 Å². The quantitative estimate of drug-likeness (QED) is 0.788. The maximum Gasteiger partial charge on any atom is 0.150 e. The predicted molar refractivity (Wildman–Crippen MR) is 73.2 cm³/mol. The highest BCUT2D eigenvalue weighted by molar-refractivity contribution is 8.00. The third kappa shape index (κ3) is 2.97. The molecule has 100 valence electrons. The van der Waals surface area contributed by atoms with Gasteiger partial charge in [0.2, 0.25) is 0 Å². The first-order valence-corrected chi connectivity index (χ1v) is 9.12. The Labute approximate surface area is 108 Å². The molecule has 2 heterocycles. The van der Waals surface area contributed by atoms with E-state index in [9.17, 15) is 8.42 Å². The number of rotatable bonds is 2. The fourth-order valence-corrected chi connectivity index (χ4v) is 5.42. The van der Waals surface area contributed by atoms with Gasteiger partial charge >= 0.3 is 0 Å². The average molecular weight is 278 g/mol. The molecule has 2 rings (SSSR count). The van der Waals surface area contributed by atoms with Crippen LogP contribution in [0.25, 0.3) is 0 Å². The van der Waals surface area contributed by atoms with E-state index in [1.54, 1.807) is 0 Å². The molecule has 17 heavy (non-hydrogen) atoms. The molecule has 2 fully saturated rings. The molecular weight excluding hydrogens is 256 g/mol. The highest BCUT2D eigenvalue weighted by Gasteiger charge is 2.42. The van der Waals surface area contributed by atoms with Gasteiger partial charge < -0.3 is 5.73 Å². The van der Waals surface area contributed by atoms with Gasteiger partial charge in [0.25, 0.3) is 0 Å². The second-order valence-electron chi connectivity index (χ2n) is 5.21. The molecule has 2 N–H and O–H groups in total. The normalized spacial score (nSPS) is 33.4. The number of thioether (sulfide) groups is 1. The van der Waals surface area contributed by atoms with E-state index >= 15 is 0 Å². The van der Waals surface area contributed by atoms with Gasteiger partial charge in [-0.3, -0.25) is 4.90 Å². The monoisotopic (exact) mass is 278 g/mol. The Morgan fingerprint density at radius 2 is 2.06 bits per heavy atom. The Kier molecular flexibility index (Phi) is 4.07. The molecule has 2 saturated heterocycles. The van der Waals surface area contributed by atoms with Gasteiger partial charge in [0.15, 0.2) is 0 Å². The molecule has 4 nitrogen and oxygen atoms in total. The Hall–Kier alpha value is 0.220. The van der Waals surface area contributed by atoms with E-state index in [0.717, 1.165) is 18.8 Å². The van der Waals surface area contributed by atoms with Crippen molar-refractivity contribution in [3.05, 3.63) is 0 Å². The van der Waals surface area contributed by atoms with Crippen LogP contribution in [0, 0.1) is 0 Å². The minimum absolute atomic E-state index is 0.0550. The first-order chi connectivity index (χ1) is 7.97. The van der Waals surface area contributed by atoms with Gasteiger partial charge in [0.1, 0.15) is 9.84 Å². The molecule has 0 aromatic rings. The lowest BCUT2D eigenvalue weighted by molar-refractivity contribution is 0.0880. The van der Waals surface area contributed by atoms with Crippen LogP contribution in [0.3, 0.4) is 0 Å². The van der Waals surface area contributed by atoms with Gasteiger partial charge in [0, 0.05) is 36.2 Å². The van der Waals surface area contributed by atoms with Crippen molar-refractivity contribution in [2.75, 3.05) is 36.9 Å². The lowest BCUT2D eigenvalue weighted by atomic mass is 9.89. The standard InChI is InChI=1S/C11H22N2O2S2/c1-10-8-13(4-5-16-10)11(9-12)2-6-17(14,15)7-3-11/h10H,2-9,12H2,1H3. The summed E-state index contributed by atoms with van der Waals surface area (Å²) in [5.74, 6) is 1.75.